The first kappa shape index (κ1) is 13.1. The molecule has 0 aliphatic heterocycles. The molecule has 5 heteroatoms. The maximum Gasteiger partial charge on any atom is 0.203 e. The zero-order valence-corrected chi connectivity index (χ0v) is 12.5. The molecule has 0 spiro atoms. The molecule has 20 heavy (non-hydrogen) atoms. The number of thiazole rings is 1. The lowest BCUT2D eigenvalue weighted by molar-refractivity contribution is 0.415. The third-order valence-electron chi connectivity index (χ3n) is 3.18. The summed E-state index contributed by atoms with van der Waals surface area (Å²) in [5.41, 5.74) is 1.14. The van der Waals surface area contributed by atoms with Crippen LogP contribution in [0, 0.1) is 3.95 Å². The lowest BCUT2D eigenvalue weighted by Crippen LogP contribution is -1.87. The number of fused-ring (bicyclic) bond motifs is 1. The number of H-pyrrole nitrogens is 1. The molecule has 3 nitrogen and oxygen atoms in total. The molecule has 0 amide bonds. The van der Waals surface area contributed by atoms with E-state index in [1.807, 2.05) is 18.2 Å². The summed E-state index contributed by atoms with van der Waals surface area (Å²) in [6.45, 7) is 0. The molecule has 3 aromatic rings. The molecule has 0 unspecified atom stereocenters. The van der Waals surface area contributed by atoms with E-state index in [4.69, 9.17) is 17.0 Å². The highest BCUT2D eigenvalue weighted by atomic mass is 32.1. The van der Waals surface area contributed by atoms with Crippen LogP contribution in [-0.2, 0) is 6.42 Å². The fraction of sp³-hybridized carbons (Fsp3) is 0.133. The second-order valence-electron chi connectivity index (χ2n) is 4.51. The van der Waals surface area contributed by atoms with Crippen LogP contribution in [0.15, 0.2) is 36.4 Å². The van der Waals surface area contributed by atoms with Crippen LogP contribution in [0.5, 0.6) is 11.6 Å². The maximum atomic E-state index is 9.75. The van der Waals surface area contributed by atoms with E-state index in [0.29, 0.717) is 10.4 Å². The van der Waals surface area contributed by atoms with Gasteiger partial charge in [0.2, 0.25) is 5.88 Å². The van der Waals surface area contributed by atoms with E-state index < -0.39 is 0 Å². The standard InChI is InChI=1S/C15H13NO2S2/c1-18-12-5-4-10-6-9(2-3-11(10)8-12)7-13-14(17)16-15(19)20-13/h2-6,8,17H,7H2,1H3,(H,16,19). The molecule has 0 fully saturated rings. The van der Waals surface area contributed by atoms with E-state index >= 15 is 0 Å². The molecule has 1 aromatic heterocycles. The number of rotatable bonds is 3. The van der Waals surface area contributed by atoms with Crippen LogP contribution in [0.1, 0.15) is 10.4 Å². The van der Waals surface area contributed by atoms with Crippen LogP contribution in [0.4, 0.5) is 0 Å². The molecular weight excluding hydrogens is 290 g/mol. The Morgan fingerprint density at radius 3 is 2.65 bits per heavy atom. The molecule has 3 rings (SSSR count). The van der Waals surface area contributed by atoms with Gasteiger partial charge in [-0.05, 0) is 40.7 Å². The van der Waals surface area contributed by atoms with Gasteiger partial charge < -0.3 is 14.8 Å². The molecule has 0 saturated carbocycles. The number of nitrogens with one attached hydrogen (secondary N) is 1. The number of ether oxygens (including phenoxy) is 1. The van der Waals surface area contributed by atoms with Gasteiger partial charge in [0.25, 0.3) is 0 Å². The number of methoxy groups -OCH3 is 1. The molecule has 0 atom stereocenters. The summed E-state index contributed by atoms with van der Waals surface area (Å²) >= 11 is 6.44. The van der Waals surface area contributed by atoms with Gasteiger partial charge in [-0.2, -0.15) is 0 Å². The van der Waals surface area contributed by atoms with E-state index in [0.717, 1.165) is 27.0 Å². The monoisotopic (exact) mass is 303 g/mol. The van der Waals surface area contributed by atoms with Gasteiger partial charge >= 0.3 is 0 Å². The van der Waals surface area contributed by atoms with Crippen molar-refractivity contribution in [2.75, 3.05) is 7.11 Å². The first-order valence-corrected chi connectivity index (χ1v) is 7.36. The maximum absolute atomic E-state index is 9.75. The van der Waals surface area contributed by atoms with Crippen molar-refractivity contribution < 1.29 is 9.84 Å². The fourth-order valence-corrected chi connectivity index (χ4v) is 3.32. The lowest BCUT2D eigenvalue weighted by Gasteiger charge is -2.05. The molecule has 0 bridgehead atoms. The summed E-state index contributed by atoms with van der Waals surface area (Å²) < 4.78 is 5.82. The van der Waals surface area contributed by atoms with Gasteiger partial charge in [-0.25, -0.2) is 0 Å². The van der Waals surface area contributed by atoms with Crippen molar-refractivity contribution in [3.8, 4) is 11.6 Å². The van der Waals surface area contributed by atoms with Crippen molar-refractivity contribution in [2.45, 2.75) is 6.42 Å². The van der Waals surface area contributed by atoms with Crippen molar-refractivity contribution in [1.82, 2.24) is 4.98 Å². The van der Waals surface area contributed by atoms with Crippen LogP contribution in [-0.4, -0.2) is 17.2 Å². The Labute approximate surface area is 125 Å². The molecule has 0 saturated heterocycles. The highest BCUT2D eigenvalue weighted by Crippen LogP contribution is 2.27. The van der Waals surface area contributed by atoms with Crippen molar-refractivity contribution in [3.63, 3.8) is 0 Å². The minimum Gasteiger partial charge on any atom is -0.497 e. The topological polar surface area (TPSA) is 45.2 Å². The lowest BCUT2D eigenvalue weighted by atomic mass is 10.0. The second-order valence-corrected chi connectivity index (χ2v) is 6.28. The Hall–Kier alpha value is -1.85. The minimum absolute atomic E-state index is 0.176. The molecule has 1 heterocycles. The highest BCUT2D eigenvalue weighted by molar-refractivity contribution is 7.73. The Morgan fingerprint density at radius 1 is 1.20 bits per heavy atom. The Balaban J connectivity index is 1.97. The average molecular weight is 303 g/mol. The van der Waals surface area contributed by atoms with Gasteiger partial charge in [-0.15, -0.1) is 11.3 Å². The SMILES string of the molecule is COc1ccc2cc(Cc3sc(=S)[nH]c3O)ccc2c1. The Morgan fingerprint density at radius 2 is 1.95 bits per heavy atom. The van der Waals surface area contributed by atoms with Crippen LogP contribution >= 0.6 is 23.6 Å². The van der Waals surface area contributed by atoms with Crippen molar-refractivity contribution in [2.24, 2.45) is 0 Å². The first-order chi connectivity index (χ1) is 9.65. The van der Waals surface area contributed by atoms with E-state index in [9.17, 15) is 5.11 Å². The van der Waals surface area contributed by atoms with Crippen LogP contribution in [0.25, 0.3) is 10.8 Å². The van der Waals surface area contributed by atoms with Crippen LogP contribution in [0.3, 0.4) is 0 Å². The number of hydrogen-bond acceptors (Lipinski definition) is 4. The van der Waals surface area contributed by atoms with Gasteiger partial charge in [0.05, 0.1) is 12.0 Å². The predicted molar refractivity (Wildman–Crippen MR) is 84.5 cm³/mol. The quantitative estimate of drug-likeness (QED) is 0.710. The molecule has 2 aromatic carbocycles. The zero-order chi connectivity index (χ0) is 14.1. The summed E-state index contributed by atoms with van der Waals surface area (Å²) in [5, 5.41) is 12.0. The molecule has 2 N–H and O–H groups in total. The van der Waals surface area contributed by atoms with Gasteiger partial charge in [-0.1, -0.05) is 24.3 Å². The fourth-order valence-electron chi connectivity index (χ4n) is 2.17. The summed E-state index contributed by atoms with van der Waals surface area (Å²) in [6.07, 6.45) is 0.672. The van der Waals surface area contributed by atoms with Gasteiger partial charge in [0, 0.05) is 6.42 Å². The normalized spacial score (nSPS) is 10.8. The smallest absolute Gasteiger partial charge is 0.203 e. The van der Waals surface area contributed by atoms with Crippen LogP contribution < -0.4 is 4.74 Å². The Bertz CT molecular complexity index is 820. The van der Waals surface area contributed by atoms with Crippen LogP contribution in [0.2, 0.25) is 0 Å². The average Bonchev–Trinajstić information content (AvgIpc) is 2.76. The summed E-state index contributed by atoms with van der Waals surface area (Å²) in [6, 6.07) is 12.2. The first-order valence-electron chi connectivity index (χ1n) is 6.13. The molecule has 0 aliphatic carbocycles. The summed E-state index contributed by atoms with van der Waals surface area (Å²) in [5.74, 6) is 1.03. The number of aromatic amines is 1. The molecule has 0 aliphatic rings. The number of aromatic hydroxyl groups is 1. The largest absolute Gasteiger partial charge is 0.497 e. The zero-order valence-electron chi connectivity index (χ0n) is 10.8. The van der Waals surface area contributed by atoms with E-state index in [-0.39, 0.29) is 5.88 Å². The molecule has 102 valence electrons. The van der Waals surface area contributed by atoms with E-state index in [1.54, 1.807) is 7.11 Å². The van der Waals surface area contributed by atoms with Gasteiger partial charge in [0.1, 0.15) is 5.75 Å². The summed E-state index contributed by atoms with van der Waals surface area (Å²) in [4.78, 5) is 3.62. The number of aromatic nitrogens is 1. The molecular formula is C15H13NO2S2. The number of hydrogen-bond donors (Lipinski definition) is 2. The van der Waals surface area contributed by atoms with Gasteiger partial charge in [-0.3, -0.25) is 0 Å². The molecule has 0 radical (unpaired) electrons. The van der Waals surface area contributed by atoms with Crippen molar-refractivity contribution in [1.29, 1.82) is 0 Å². The third kappa shape index (κ3) is 2.55. The van der Waals surface area contributed by atoms with E-state index in [2.05, 4.69) is 23.2 Å². The predicted octanol–water partition coefficient (Wildman–Crippen LogP) is 4.26. The van der Waals surface area contributed by atoms with Gasteiger partial charge in [0.15, 0.2) is 3.95 Å². The Kier molecular flexibility index (Phi) is 3.46. The second kappa shape index (κ2) is 5.26. The third-order valence-corrected chi connectivity index (χ3v) is 4.40. The number of benzene rings is 2. The minimum atomic E-state index is 0.176. The summed E-state index contributed by atoms with van der Waals surface area (Å²) in [7, 11) is 1.66. The van der Waals surface area contributed by atoms with Crippen molar-refractivity contribution >= 4 is 34.3 Å². The van der Waals surface area contributed by atoms with Crippen molar-refractivity contribution in [3.05, 3.63) is 50.8 Å². The highest BCUT2D eigenvalue weighted by Gasteiger charge is 2.07. The van der Waals surface area contributed by atoms with E-state index in [1.165, 1.54) is 11.3 Å².